The van der Waals surface area contributed by atoms with Crippen LogP contribution in [0.2, 0.25) is 0 Å². The number of benzene rings is 2. The third kappa shape index (κ3) is 6.87. The van der Waals surface area contributed by atoms with Gasteiger partial charge in [0.15, 0.2) is 5.82 Å². The zero-order valence-electron chi connectivity index (χ0n) is 17.9. The van der Waals surface area contributed by atoms with Gasteiger partial charge in [-0.15, -0.1) is 0 Å². The molecule has 0 aliphatic heterocycles. The third-order valence-electron chi connectivity index (χ3n) is 5.23. The summed E-state index contributed by atoms with van der Waals surface area (Å²) in [7, 11) is 0. The highest BCUT2D eigenvalue weighted by molar-refractivity contribution is 5.64. The van der Waals surface area contributed by atoms with Gasteiger partial charge in [-0.1, -0.05) is 64.0 Å². The maximum absolute atomic E-state index is 9.41. The topological polar surface area (TPSA) is 55.2 Å². The smallest absolute Gasteiger partial charge is 0.159 e. The van der Waals surface area contributed by atoms with Crippen LogP contribution in [0, 0.1) is 0 Å². The number of unbranched alkanes of at least 4 members (excludes halogenated alkanes) is 7. The van der Waals surface area contributed by atoms with Gasteiger partial charge in [0.1, 0.15) is 11.5 Å². The van der Waals surface area contributed by atoms with Crippen LogP contribution in [-0.4, -0.2) is 21.7 Å². The molecule has 0 amide bonds. The van der Waals surface area contributed by atoms with Crippen molar-refractivity contribution in [2.75, 3.05) is 6.61 Å². The van der Waals surface area contributed by atoms with Gasteiger partial charge in [0.2, 0.25) is 0 Å². The Morgan fingerprint density at radius 3 is 1.87 bits per heavy atom. The van der Waals surface area contributed by atoms with Crippen LogP contribution in [0.3, 0.4) is 0 Å². The van der Waals surface area contributed by atoms with E-state index in [4.69, 9.17) is 4.74 Å². The van der Waals surface area contributed by atoms with Crippen molar-refractivity contribution in [2.45, 2.75) is 58.3 Å². The van der Waals surface area contributed by atoms with Crippen LogP contribution in [-0.2, 0) is 0 Å². The van der Waals surface area contributed by atoms with Gasteiger partial charge in [0, 0.05) is 23.5 Å². The standard InChI is InChI=1S/C26H32N2O2/c1-2-3-4-5-6-7-8-9-18-30-25-16-12-22(13-17-25)26-27-19-23(20-28-26)21-10-14-24(29)15-11-21/h10-17,19-20,29H,2-9,18H2,1H3. The van der Waals surface area contributed by atoms with Crippen LogP contribution in [0.4, 0.5) is 0 Å². The molecule has 1 heterocycles. The average Bonchev–Trinajstić information content (AvgIpc) is 2.79. The molecule has 1 aromatic heterocycles. The number of aromatic hydroxyl groups is 1. The summed E-state index contributed by atoms with van der Waals surface area (Å²) in [5.41, 5.74) is 2.86. The lowest BCUT2D eigenvalue weighted by Crippen LogP contribution is -1.97. The molecule has 3 aromatic rings. The number of ether oxygens (including phenoxy) is 1. The SMILES string of the molecule is CCCCCCCCCCOc1ccc(-c2ncc(-c3ccc(O)cc3)cn2)cc1. The fourth-order valence-corrected chi connectivity index (χ4v) is 3.41. The van der Waals surface area contributed by atoms with E-state index in [1.807, 2.05) is 36.4 Å². The van der Waals surface area contributed by atoms with E-state index < -0.39 is 0 Å². The quantitative estimate of drug-likeness (QED) is 0.329. The fourth-order valence-electron chi connectivity index (χ4n) is 3.41. The van der Waals surface area contributed by atoms with E-state index in [0.29, 0.717) is 5.82 Å². The molecular weight excluding hydrogens is 372 g/mol. The molecule has 0 aliphatic carbocycles. The lowest BCUT2D eigenvalue weighted by Gasteiger charge is -2.07. The van der Waals surface area contributed by atoms with Crippen LogP contribution < -0.4 is 4.74 Å². The second-order valence-electron chi connectivity index (χ2n) is 7.69. The minimum Gasteiger partial charge on any atom is -0.508 e. The van der Waals surface area contributed by atoms with Gasteiger partial charge >= 0.3 is 0 Å². The Kier molecular flexibility index (Phi) is 8.70. The minimum absolute atomic E-state index is 0.251. The van der Waals surface area contributed by atoms with E-state index in [9.17, 15) is 5.11 Å². The second kappa shape index (κ2) is 12.0. The second-order valence-corrected chi connectivity index (χ2v) is 7.69. The highest BCUT2D eigenvalue weighted by atomic mass is 16.5. The van der Waals surface area contributed by atoms with E-state index in [1.54, 1.807) is 24.5 Å². The molecule has 30 heavy (non-hydrogen) atoms. The maximum Gasteiger partial charge on any atom is 0.159 e. The molecule has 4 heteroatoms. The third-order valence-corrected chi connectivity index (χ3v) is 5.23. The Morgan fingerprint density at radius 1 is 0.667 bits per heavy atom. The van der Waals surface area contributed by atoms with Crippen LogP contribution in [0.25, 0.3) is 22.5 Å². The molecule has 4 nitrogen and oxygen atoms in total. The van der Waals surface area contributed by atoms with E-state index >= 15 is 0 Å². The Balaban J connectivity index is 1.42. The van der Waals surface area contributed by atoms with Gasteiger partial charge < -0.3 is 9.84 Å². The van der Waals surface area contributed by atoms with Gasteiger partial charge in [-0.2, -0.15) is 0 Å². The number of hydrogen-bond acceptors (Lipinski definition) is 4. The Labute approximate surface area is 180 Å². The minimum atomic E-state index is 0.251. The van der Waals surface area contributed by atoms with Crippen molar-refractivity contribution >= 4 is 0 Å². The summed E-state index contributed by atoms with van der Waals surface area (Å²) in [5, 5.41) is 9.41. The lowest BCUT2D eigenvalue weighted by atomic mass is 10.1. The molecule has 0 fully saturated rings. The Morgan fingerprint density at radius 2 is 1.23 bits per heavy atom. The van der Waals surface area contributed by atoms with Gasteiger partial charge in [-0.25, -0.2) is 9.97 Å². The van der Waals surface area contributed by atoms with Crippen molar-refractivity contribution in [1.82, 2.24) is 9.97 Å². The number of rotatable bonds is 12. The maximum atomic E-state index is 9.41. The van der Waals surface area contributed by atoms with Gasteiger partial charge in [0.05, 0.1) is 6.61 Å². The average molecular weight is 405 g/mol. The van der Waals surface area contributed by atoms with Crippen molar-refractivity contribution in [3.8, 4) is 34.0 Å². The zero-order valence-corrected chi connectivity index (χ0v) is 17.9. The van der Waals surface area contributed by atoms with E-state index in [-0.39, 0.29) is 5.75 Å². The predicted molar refractivity (Wildman–Crippen MR) is 123 cm³/mol. The van der Waals surface area contributed by atoms with E-state index in [1.165, 1.54) is 44.9 Å². The van der Waals surface area contributed by atoms with Crippen molar-refractivity contribution < 1.29 is 9.84 Å². The number of nitrogens with zero attached hydrogens (tertiary/aromatic N) is 2. The number of phenols is 1. The van der Waals surface area contributed by atoms with Crippen molar-refractivity contribution in [3.05, 3.63) is 60.9 Å². The number of hydrogen-bond donors (Lipinski definition) is 1. The predicted octanol–water partition coefficient (Wildman–Crippen LogP) is 7.04. The molecule has 0 saturated heterocycles. The largest absolute Gasteiger partial charge is 0.508 e. The molecule has 158 valence electrons. The molecule has 0 aliphatic rings. The van der Waals surface area contributed by atoms with Crippen LogP contribution in [0.15, 0.2) is 60.9 Å². The monoisotopic (exact) mass is 404 g/mol. The molecule has 2 aromatic carbocycles. The van der Waals surface area contributed by atoms with Crippen LogP contribution in [0.1, 0.15) is 58.3 Å². The summed E-state index contributed by atoms with van der Waals surface area (Å²) in [6.07, 6.45) is 14.0. The molecule has 0 bridgehead atoms. The highest BCUT2D eigenvalue weighted by Gasteiger charge is 2.04. The molecule has 3 rings (SSSR count). The summed E-state index contributed by atoms with van der Waals surface area (Å²) >= 11 is 0. The van der Waals surface area contributed by atoms with Crippen LogP contribution in [0.5, 0.6) is 11.5 Å². The zero-order chi connectivity index (χ0) is 21.0. The first-order valence-electron chi connectivity index (χ1n) is 11.1. The summed E-state index contributed by atoms with van der Waals surface area (Å²) in [4.78, 5) is 8.97. The van der Waals surface area contributed by atoms with E-state index in [2.05, 4.69) is 16.9 Å². The first kappa shape index (κ1) is 21.8. The molecular formula is C26H32N2O2. The molecule has 0 radical (unpaired) electrons. The summed E-state index contributed by atoms with van der Waals surface area (Å²) < 4.78 is 5.87. The molecule has 0 saturated carbocycles. The summed E-state index contributed by atoms with van der Waals surface area (Å²) in [5.74, 6) is 1.83. The van der Waals surface area contributed by atoms with Gasteiger partial charge in [0.25, 0.3) is 0 Å². The van der Waals surface area contributed by atoms with Crippen molar-refractivity contribution in [3.63, 3.8) is 0 Å². The molecule has 1 N–H and O–H groups in total. The number of phenolic OH excluding ortho intramolecular Hbond substituents is 1. The Hall–Kier alpha value is -2.88. The molecule has 0 unspecified atom stereocenters. The summed E-state index contributed by atoms with van der Waals surface area (Å²) in [6, 6.07) is 15.0. The normalized spacial score (nSPS) is 10.8. The first-order chi connectivity index (χ1) is 14.8. The lowest BCUT2D eigenvalue weighted by molar-refractivity contribution is 0.304. The van der Waals surface area contributed by atoms with Crippen molar-refractivity contribution in [2.24, 2.45) is 0 Å². The van der Waals surface area contributed by atoms with Gasteiger partial charge in [-0.3, -0.25) is 0 Å². The highest BCUT2D eigenvalue weighted by Crippen LogP contribution is 2.23. The van der Waals surface area contributed by atoms with Crippen molar-refractivity contribution in [1.29, 1.82) is 0 Å². The Bertz CT molecular complexity index is 859. The van der Waals surface area contributed by atoms with Crippen LogP contribution >= 0.6 is 0 Å². The summed E-state index contributed by atoms with van der Waals surface area (Å²) in [6.45, 7) is 3.03. The van der Waals surface area contributed by atoms with Gasteiger partial charge in [-0.05, 0) is 48.4 Å². The molecule has 0 atom stereocenters. The first-order valence-corrected chi connectivity index (χ1v) is 11.1. The molecule has 0 spiro atoms. The fraction of sp³-hybridized carbons (Fsp3) is 0.385. The van der Waals surface area contributed by atoms with E-state index in [0.717, 1.165) is 35.5 Å². The number of aromatic nitrogens is 2.